The Kier molecular flexibility index (Phi) is 10.9. The van der Waals surface area contributed by atoms with E-state index in [0.717, 1.165) is 16.5 Å². The van der Waals surface area contributed by atoms with E-state index in [1.54, 1.807) is 0 Å². The molecule has 0 aromatic heterocycles. The SMILES string of the molecule is CCCCCCCCCCPPc1ccccc1. The van der Waals surface area contributed by atoms with Crippen LogP contribution in [0.4, 0.5) is 0 Å². The van der Waals surface area contributed by atoms with Crippen LogP contribution in [0, 0.1) is 0 Å². The number of rotatable bonds is 11. The summed E-state index contributed by atoms with van der Waals surface area (Å²) in [6.45, 7) is 2.29. The molecule has 0 fully saturated rings. The molecule has 0 saturated heterocycles. The molecule has 0 N–H and O–H groups in total. The molecule has 0 aliphatic carbocycles. The summed E-state index contributed by atoms with van der Waals surface area (Å²) in [5.74, 6) is 0. The summed E-state index contributed by atoms with van der Waals surface area (Å²) in [6, 6.07) is 10.9. The Hall–Kier alpha value is 0.0800. The van der Waals surface area contributed by atoms with Gasteiger partial charge < -0.3 is 0 Å². The molecule has 1 aromatic carbocycles. The Morgan fingerprint density at radius 1 is 0.778 bits per heavy atom. The van der Waals surface area contributed by atoms with Gasteiger partial charge in [-0.15, -0.1) is 0 Å². The van der Waals surface area contributed by atoms with E-state index in [1.165, 1.54) is 62.8 Å². The first-order valence-corrected chi connectivity index (χ1v) is 10.7. The standard InChI is InChI=1S/C16H28P2/c1-2-3-4-5-6-7-8-12-15-17-18-16-13-10-9-11-14-16/h9-11,13-14,17-18H,2-8,12,15H2,1H3. The highest BCUT2D eigenvalue weighted by molar-refractivity contribution is 8.15. The molecule has 0 heterocycles. The van der Waals surface area contributed by atoms with Gasteiger partial charge in [-0.2, -0.15) is 0 Å². The van der Waals surface area contributed by atoms with Gasteiger partial charge in [-0.25, -0.2) is 0 Å². The Labute approximate surface area is 117 Å². The third-order valence-electron chi connectivity index (χ3n) is 3.16. The second-order valence-corrected chi connectivity index (χ2v) is 8.38. The van der Waals surface area contributed by atoms with Crippen LogP contribution in [-0.2, 0) is 0 Å². The maximum absolute atomic E-state index is 2.29. The van der Waals surface area contributed by atoms with Crippen molar-refractivity contribution in [2.75, 3.05) is 6.16 Å². The molecule has 1 aromatic rings. The first-order valence-electron chi connectivity index (χ1n) is 7.47. The first kappa shape index (κ1) is 16.1. The maximum Gasteiger partial charge on any atom is -0.0230 e. The second-order valence-electron chi connectivity index (χ2n) is 4.89. The van der Waals surface area contributed by atoms with Crippen LogP contribution in [0.2, 0.25) is 0 Å². The molecule has 0 amide bonds. The van der Waals surface area contributed by atoms with E-state index in [1.807, 2.05) is 0 Å². The van der Waals surface area contributed by atoms with Gasteiger partial charge in [-0.3, -0.25) is 0 Å². The number of hydrogen-bond donors (Lipinski definition) is 0. The van der Waals surface area contributed by atoms with Crippen molar-refractivity contribution in [2.24, 2.45) is 0 Å². The Morgan fingerprint density at radius 2 is 1.39 bits per heavy atom. The summed E-state index contributed by atoms with van der Waals surface area (Å²) >= 11 is 0. The molecule has 2 atom stereocenters. The molecule has 0 spiro atoms. The number of hydrogen-bond acceptors (Lipinski definition) is 0. The van der Waals surface area contributed by atoms with Crippen molar-refractivity contribution in [1.29, 1.82) is 0 Å². The highest BCUT2D eigenvalue weighted by atomic mass is 32.0. The van der Waals surface area contributed by atoms with Crippen LogP contribution in [0.5, 0.6) is 0 Å². The largest absolute Gasteiger partial charge is 0.0946 e. The fourth-order valence-corrected chi connectivity index (χ4v) is 5.17. The van der Waals surface area contributed by atoms with Gasteiger partial charge in [0.2, 0.25) is 0 Å². The monoisotopic (exact) mass is 282 g/mol. The molecule has 0 bridgehead atoms. The van der Waals surface area contributed by atoms with Crippen LogP contribution < -0.4 is 5.30 Å². The van der Waals surface area contributed by atoms with Crippen molar-refractivity contribution in [3.8, 4) is 0 Å². The molecule has 0 radical (unpaired) electrons. The normalized spacial score (nSPS) is 12.1. The maximum atomic E-state index is 2.29. The lowest BCUT2D eigenvalue weighted by molar-refractivity contribution is 0.586. The predicted molar refractivity (Wildman–Crippen MR) is 90.2 cm³/mol. The van der Waals surface area contributed by atoms with Gasteiger partial charge in [0.25, 0.3) is 0 Å². The Bertz CT molecular complexity index is 272. The molecule has 0 nitrogen and oxygen atoms in total. The van der Waals surface area contributed by atoms with Crippen LogP contribution in [-0.4, -0.2) is 6.16 Å². The molecule has 0 aliphatic heterocycles. The van der Waals surface area contributed by atoms with E-state index >= 15 is 0 Å². The summed E-state index contributed by atoms with van der Waals surface area (Å²) in [5, 5.41) is 1.54. The van der Waals surface area contributed by atoms with Crippen LogP contribution >= 0.6 is 16.5 Å². The summed E-state index contributed by atoms with van der Waals surface area (Å²) in [7, 11) is 2.19. The lowest BCUT2D eigenvalue weighted by Crippen LogP contribution is -1.88. The quantitative estimate of drug-likeness (QED) is 0.359. The first-order chi connectivity index (χ1) is 8.93. The molecule has 18 heavy (non-hydrogen) atoms. The molecule has 0 saturated carbocycles. The summed E-state index contributed by atoms with van der Waals surface area (Å²) < 4.78 is 0. The van der Waals surface area contributed by atoms with Gasteiger partial charge in [-0.05, 0) is 17.9 Å². The molecule has 2 unspecified atom stereocenters. The minimum Gasteiger partial charge on any atom is -0.0946 e. The van der Waals surface area contributed by atoms with Gasteiger partial charge in [0.05, 0.1) is 0 Å². The van der Waals surface area contributed by atoms with E-state index in [9.17, 15) is 0 Å². The number of unbranched alkanes of at least 4 members (excludes halogenated alkanes) is 7. The highest BCUT2D eigenvalue weighted by Crippen LogP contribution is 2.36. The van der Waals surface area contributed by atoms with Crippen molar-refractivity contribution in [1.82, 2.24) is 0 Å². The minimum atomic E-state index is 1.04. The molecule has 0 aliphatic rings. The zero-order valence-electron chi connectivity index (χ0n) is 11.8. The van der Waals surface area contributed by atoms with Crippen molar-refractivity contribution in [2.45, 2.75) is 58.3 Å². The average molecular weight is 282 g/mol. The molecular formula is C16H28P2. The van der Waals surface area contributed by atoms with Gasteiger partial charge in [0.1, 0.15) is 0 Å². The third kappa shape index (κ3) is 9.07. The smallest absolute Gasteiger partial charge is 0.0230 e. The van der Waals surface area contributed by atoms with Crippen LogP contribution in [0.25, 0.3) is 0 Å². The van der Waals surface area contributed by atoms with Crippen LogP contribution in [0.1, 0.15) is 58.3 Å². The number of benzene rings is 1. The van der Waals surface area contributed by atoms with Gasteiger partial charge in [-0.1, -0.05) is 98.7 Å². The fraction of sp³-hybridized carbons (Fsp3) is 0.625. The van der Waals surface area contributed by atoms with Gasteiger partial charge >= 0.3 is 0 Å². The van der Waals surface area contributed by atoms with Crippen molar-refractivity contribution in [3.63, 3.8) is 0 Å². The molecule has 2 heteroatoms. The van der Waals surface area contributed by atoms with E-state index in [4.69, 9.17) is 0 Å². The van der Waals surface area contributed by atoms with Crippen molar-refractivity contribution < 1.29 is 0 Å². The second kappa shape index (κ2) is 12.1. The molecule has 102 valence electrons. The van der Waals surface area contributed by atoms with Gasteiger partial charge in [0.15, 0.2) is 0 Å². The Morgan fingerprint density at radius 3 is 2.06 bits per heavy atom. The topological polar surface area (TPSA) is 0 Å². The summed E-state index contributed by atoms with van der Waals surface area (Å²) in [4.78, 5) is 0. The van der Waals surface area contributed by atoms with Crippen molar-refractivity contribution >= 4 is 21.8 Å². The predicted octanol–water partition coefficient (Wildman–Crippen LogP) is 5.72. The lowest BCUT2D eigenvalue weighted by atomic mass is 10.1. The average Bonchev–Trinajstić information content (AvgIpc) is 2.42. The molecular weight excluding hydrogens is 254 g/mol. The van der Waals surface area contributed by atoms with E-state index in [2.05, 4.69) is 37.3 Å². The Balaban J connectivity index is 1.82. The molecule has 1 rings (SSSR count). The lowest BCUT2D eigenvalue weighted by Gasteiger charge is -2.03. The van der Waals surface area contributed by atoms with Gasteiger partial charge in [0, 0.05) is 0 Å². The zero-order chi connectivity index (χ0) is 12.9. The summed E-state index contributed by atoms with van der Waals surface area (Å²) in [6.07, 6.45) is 13.0. The third-order valence-corrected chi connectivity index (χ3v) is 6.71. The minimum absolute atomic E-state index is 1.04. The highest BCUT2D eigenvalue weighted by Gasteiger charge is 1.93. The van der Waals surface area contributed by atoms with E-state index < -0.39 is 0 Å². The fourth-order valence-electron chi connectivity index (χ4n) is 2.03. The van der Waals surface area contributed by atoms with E-state index in [0.29, 0.717) is 0 Å². The van der Waals surface area contributed by atoms with E-state index in [-0.39, 0.29) is 0 Å². The van der Waals surface area contributed by atoms with Crippen LogP contribution in [0.3, 0.4) is 0 Å². The zero-order valence-corrected chi connectivity index (χ0v) is 13.8. The summed E-state index contributed by atoms with van der Waals surface area (Å²) in [5.41, 5.74) is 0. The van der Waals surface area contributed by atoms with Crippen molar-refractivity contribution in [3.05, 3.63) is 30.3 Å². The van der Waals surface area contributed by atoms with Crippen LogP contribution in [0.15, 0.2) is 30.3 Å².